The van der Waals surface area contributed by atoms with Gasteiger partial charge in [0.25, 0.3) is 0 Å². The van der Waals surface area contributed by atoms with Crippen molar-refractivity contribution in [3.8, 4) is 0 Å². The zero-order chi connectivity index (χ0) is 14.1. The van der Waals surface area contributed by atoms with Gasteiger partial charge in [-0.2, -0.15) is 0 Å². The van der Waals surface area contributed by atoms with Crippen molar-refractivity contribution in [2.45, 2.75) is 84.2 Å². The highest BCUT2D eigenvalue weighted by atomic mass is 16.2. The summed E-state index contributed by atoms with van der Waals surface area (Å²) in [5.74, 6) is 0.212. The molecule has 1 heterocycles. The first kappa shape index (κ1) is 16.5. The van der Waals surface area contributed by atoms with Crippen LogP contribution in [0.25, 0.3) is 0 Å². The maximum atomic E-state index is 12.1. The van der Waals surface area contributed by atoms with Crippen LogP contribution in [-0.2, 0) is 4.79 Å². The van der Waals surface area contributed by atoms with Crippen molar-refractivity contribution in [1.29, 1.82) is 0 Å². The van der Waals surface area contributed by atoms with Gasteiger partial charge in [0.1, 0.15) is 0 Å². The lowest BCUT2D eigenvalue weighted by Crippen LogP contribution is -2.46. The Morgan fingerprint density at radius 3 is 2.79 bits per heavy atom. The number of carbonyl (C=O) groups is 1. The Kier molecular flexibility index (Phi) is 8.11. The molecule has 3 heteroatoms. The Labute approximate surface area is 119 Å². The molecule has 2 unspecified atom stereocenters. The number of rotatable bonds is 8. The third kappa shape index (κ3) is 6.42. The fraction of sp³-hybridized carbons (Fsp3) is 0.938. The van der Waals surface area contributed by atoms with Gasteiger partial charge in [0.2, 0.25) is 5.91 Å². The Morgan fingerprint density at radius 2 is 2.11 bits per heavy atom. The van der Waals surface area contributed by atoms with E-state index in [0.717, 1.165) is 13.0 Å². The third-order valence-corrected chi connectivity index (χ3v) is 4.22. The minimum absolute atomic E-state index is 0.212. The molecule has 0 spiro atoms. The summed E-state index contributed by atoms with van der Waals surface area (Å²) in [5, 5.41) is 3.15. The molecular weight excluding hydrogens is 236 g/mol. The first-order chi connectivity index (χ1) is 9.17. The van der Waals surface area contributed by atoms with Gasteiger partial charge >= 0.3 is 0 Å². The first-order valence-corrected chi connectivity index (χ1v) is 8.20. The molecule has 0 aromatic heterocycles. The zero-order valence-electron chi connectivity index (χ0n) is 13.1. The highest BCUT2D eigenvalue weighted by Crippen LogP contribution is 2.18. The van der Waals surface area contributed by atoms with Crippen molar-refractivity contribution in [2.75, 3.05) is 13.1 Å². The number of likely N-dealkylation sites (tertiary alicyclic amines) is 1. The first-order valence-electron chi connectivity index (χ1n) is 8.20. The van der Waals surface area contributed by atoms with Gasteiger partial charge in [0.15, 0.2) is 0 Å². The van der Waals surface area contributed by atoms with Crippen LogP contribution in [0.4, 0.5) is 0 Å². The van der Waals surface area contributed by atoms with Crippen LogP contribution in [0.2, 0.25) is 0 Å². The molecule has 0 aliphatic carbocycles. The van der Waals surface area contributed by atoms with Crippen LogP contribution in [-0.4, -0.2) is 36.0 Å². The van der Waals surface area contributed by atoms with Crippen molar-refractivity contribution in [3.05, 3.63) is 0 Å². The fourth-order valence-corrected chi connectivity index (χ4v) is 3.01. The molecule has 1 fully saturated rings. The monoisotopic (exact) mass is 268 g/mol. The number of unbranched alkanes of at least 4 members (excludes halogenated alkanes) is 2. The summed E-state index contributed by atoms with van der Waals surface area (Å²) in [5.41, 5.74) is 0. The number of nitrogens with one attached hydrogen (secondary N) is 1. The topological polar surface area (TPSA) is 32.3 Å². The summed E-state index contributed by atoms with van der Waals surface area (Å²) < 4.78 is 0. The molecule has 19 heavy (non-hydrogen) atoms. The molecule has 1 amide bonds. The van der Waals surface area contributed by atoms with Gasteiger partial charge in [-0.1, -0.05) is 39.5 Å². The van der Waals surface area contributed by atoms with E-state index >= 15 is 0 Å². The Morgan fingerprint density at radius 1 is 1.32 bits per heavy atom. The number of carbonyl (C=O) groups excluding carboxylic acids is 1. The van der Waals surface area contributed by atoms with E-state index in [1.165, 1.54) is 44.9 Å². The van der Waals surface area contributed by atoms with Gasteiger partial charge in [-0.3, -0.25) is 9.69 Å². The van der Waals surface area contributed by atoms with Crippen molar-refractivity contribution in [1.82, 2.24) is 10.2 Å². The van der Waals surface area contributed by atoms with Gasteiger partial charge in [0, 0.05) is 12.1 Å². The molecule has 0 aromatic carbocycles. The van der Waals surface area contributed by atoms with Crippen LogP contribution >= 0.6 is 0 Å². The molecule has 1 aliphatic heterocycles. The highest BCUT2D eigenvalue weighted by molar-refractivity contribution is 5.78. The normalized spacial score (nSPS) is 22.2. The second-order valence-electron chi connectivity index (χ2n) is 5.99. The Hall–Kier alpha value is -0.570. The second kappa shape index (κ2) is 9.35. The average Bonchev–Trinajstić information content (AvgIpc) is 2.39. The van der Waals surface area contributed by atoms with Crippen molar-refractivity contribution in [2.24, 2.45) is 0 Å². The largest absolute Gasteiger partial charge is 0.353 e. The molecule has 1 rings (SSSR count). The molecule has 0 aromatic rings. The predicted molar refractivity (Wildman–Crippen MR) is 81.2 cm³/mol. The maximum absolute atomic E-state index is 12.1. The summed E-state index contributed by atoms with van der Waals surface area (Å²) in [4.78, 5) is 14.4. The summed E-state index contributed by atoms with van der Waals surface area (Å²) in [6.07, 6.45) is 9.84. The number of hydrogen-bond donors (Lipinski definition) is 1. The zero-order valence-corrected chi connectivity index (χ0v) is 13.1. The lowest BCUT2D eigenvalue weighted by atomic mass is 10.00. The number of nitrogens with zero attached hydrogens (tertiary/aromatic N) is 1. The molecule has 112 valence electrons. The van der Waals surface area contributed by atoms with Crippen LogP contribution in [0.1, 0.15) is 72.1 Å². The van der Waals surface area contributed by atoms with Crippen LogP contribution in [0.3, 0.4) is 0 Å². The highest BCUT2D eigenvalue weighted by Gasteiger charge is 2.22. The molecular formula is C16H32N2O. The van der Waals surface area contributed by atoms with E-state index in [4.69, 9.17) is 0 Å². The van der Waals surface area contributed by atoms with Crippen LogP contribution in [0.15, 0.2) is 0 Å². The minimum atomic E-state index is 0.212. The molecule has 0 bridgehead atoms. The summed E-state index contributed by atoms with van der Waals surface area (Å²) in [7, 11) is 0. The van der Waals surface area contributed by atoms with Gasteiger partial charge < -0.3 is 5.32 Å². The molecule has 2 atom stereocenters. The van der Waals surface area contributed by atoms with E-state index in [-0.39, 0.29) is 5.91 Å². The van der Waals surface area contributed by atoms with Crippen molar-refractivity contribution in [3.63, 3.8) is 0 Å². The van der Waals surface area contributed by atoms with E-state index in [2.05, 4.69) is 31.0 Å². The van der Waals surface area contributed by atoms with Crippen LogP contribution in [0.5, 0.6) is 0 Å². The minimum Gasteiger partial charge on any atom is -0.353 e. The SMILES string of the molecule is CCCCCC(C)NC(=O)CN1CCCCC1CC. The molecule has 1 saturated heterocycles. The van der Waals surface area contributed by atoms with Gasteiger partial charge in [-0.25, -0.2) is 0 Å². The van der Waals surface area contributed by atoms with Gasteiger partial charge in [0.05, 0.1) is 6.54 Å². The van der Waals surface area contributed by atoms with E-state index in [1.807, 2.05) is 0 Å². The smallest absolute Gasteiger partial charge is 0.234 e. The fourth-order valence-electron chi connectivity index (χ4n) is 3.01. The second-order valence-corrected chi connectivity index (χ2v) is 5.99. The summed E-state index contributed by atoms with van der Waals surface area (Å²) >= 11 is 0. The number of hydrogen-bond acceptors (Lipinski definition) is 2. The van der Waals surface area contributed by atoms with Crippen LogP contribution in [0, 0.1) is 0 Å². The quantitative estimate of drug-likeness (QED) is 0.685. The Bertz CT molecular complexity index is 255. The predicted octanol–water partition coefficient (Wildman–Crippen LogP) is 3.34. The number of piperidine rings is 1. The van der Waals surface area contributed by atoms with Gasteiger partial charge in [-0.05, 0) is 39.2 Å². The van der Waals surface area contributed by atoms with Crippen molar-refractivity contribution < 1.29 is 4.79 Å². The van der Waals surface area contributed by atoms with E-state index < -0.39 is 0 Å². The van der Waals surface area contributed by atoms with Crippen molar-refractivity contribution >= 4 is 5.91 Å². The average molecular weight is 268 g/mol. The Balaban J connectivity index is 2.25. The molecule has 3 nitrogen and oxygen atoms in total. The van der Waals surface area contributed by atoms with Crippen LogP contribution < -0.4 is 5.32 Å². The molecule has 1 aliphatic rings. The molecule has 1 N–H and O–H groups in total. The van der Waals surface area contributed by atoms with E-state index in [1.54, 1.807) is 0 Å². The molecule has 0 saturated carbocycles. The van der Waals surface area contributed by atoms with E-state index in [9.17, 15) is 4.79 Å². The lowest BCUT2D eigenvalue weighted by molar-refractivity contribution is -0.123. The summed E-state index contributed by atoms with van der Waals surface area (Å²) in [6.45, 7) is 8.26. The van der Waals surface area contributed by atoms with E-state index in [0.29, 0.717) is 18.6 Å². The standard InChI is InChI=1S/C16H32N2O/c1-4-6-7-10-14(3)17-16(19)13-18-12-9-8-11-15(18)5-2/h14-15H,4-13H2,1-3H3,(H,17,19). The summed E-state index contributed by atoms with van der Waals surface area (Å²) in [6, 6.07) is 0.943. The lowest BCUT2D eigenvalue weighted by Gasteiger charge is -2.34. The maximum Gasteiger partial charge on any atom is 0.234 e. The molecule has 0 radical (unpaired) electrons. The number of amides is 1. The third-order valence-electron chi connectivity index (χ3n) is 4.22. The van der Waals surface area contributed by atoms with Gasteiger partial charge in [-0.15, -0.1) is 0 Å².